The lowest BCUT2D eigenvalue weighted by molar-refractivity contribution is -0.137. The van der Waals surface area contributed by atoms with Crippen LogP contribution in [-0.4, -0.2) is 59.4 Å². The summed E-state index contributed by atoms with van der Waals surface area (Å²) >= 11 is 0. The predicted molar refractivity (Wildman–Crippen MR) is 126 cm³/mol. The lowest BCUT2D eigenvalue weighted by Gasteiger charge is -2.20. The van der Waals surface area contributed by atoms with E-state index in [0.717, 1.165) is 27.2 Å². The molecule has 0 unspecified atom stereocenters. The Morgan fingerprint density at radius 1 is 0.912 bits per heavy atom. The normalized spacial score (nSPS) is 11.9. The number of carbonyl (C=O) groups is 3. The van der Waals surface area contributed by atoms with Gasteiger partial charge in [-0.3, -0.25) is 14.9 Å². The van der Waals surface area contributed by atoms with E-state index < -0.39 is 24.5 Å². The van der Waals surface area contributed by atoms with Crippen molar-refractivity contribution in [2.45, 2.75) is 5.92 Å². The lowest BCUT2D eigenvalue weighted by Crippen LogP contribution is -2.37. The van der Waals surface area contributed by atoms with Crippen molar-refractivity contribution in [1.82, 2.24) is 4.90 Å². The summed E-state index contributed by atoms with van der Waals surface area (Å²) in [5.41, 5.74) is 4.99. The molecule has 8 nitrogen and oxygen atoms in total. The van der Waals surface area contributed by atoms with Crippen LogP contribution in [0.4, 0.5) is 10.5 Å². The van der Waals surface area contributed by atoms with Crippen LogP contribution in [0, 0.1) is 0 Å². The fourth-order valence-corrected chi connectivity index (χ4v) is 4.20. The first-order valence-electron chi connectivity index (χ1n) is 10.8. The number of aliphatic hydroxyl groups is 1. The van der Waals surface area contributed by atoms with E-state index in [2.05, 4.69) is 17.4 Å². The Kier molecular flexibility index (Phi) is 6.89. The molecule has 0 spiro atoms. The topological polar surface area (TPSA) is 116 Å². The summed E-state index contributed by atoms with van der Waals surface area (Å²) in [5.74, 6) is -1.82. The van der Waals surface area contributed by atoms with Gasteiger partial charge in [0.05, 0.1) is 6.61 Å². The highest BCUT2D eigenvalue weighted by Crippen LogP contribution is 2.44. The zero-order chi connectivity index (χ0) is 24.1. The van der Waals surface area contributed by atoms with E-state index in [-0.39, 0.29) is 31.2 Å². The molecule has 0 saturated heterocycles. The molecule has 0 saturated carbocycles. The van der Waals surface area contributed by atoms with Gasteiger partial charge in [0.25, 0.3) is 5.91 Å². The van der Waals surface area contributed by atoms with Crippen LogP contribution in [0.2, 0.25) is 0 Å². The molecule has 174 valence electrons. The summed E-state index contributed by atoms with van der Waals surface area (Å²) in [6.07, 6.45) is -0.663. The highest BCUT2D eigenvalue weighted by Gasteiger charge is 2.29. The Labute approximate surface area is 196 Å². The number of hydrogen-bond acceptors (Lipinski definition) is 5. The van der Waals surface area contributed by atoms with Gasteiger partial charge in [-0.2, -0.15) is 0 Å². The maximum atomic E-state index is 12.6. The van der Waals surface area contributed by atoms with Gasteiger partial charge in [0.2, 0.25) is 0 Å². The second kappa shape index (κ2) is 10.2. The van der Waals surface area contributed by atoms with E-state index in [4.69, 9.17) is 14.9 Å². The number of carboxylic acids is 1. The van der Waals surface area contributed by atoms with E-state index in [1.54, 1.807) is 12.1 Å². The highest BCUT2D eigenvalue weighted by molar-refractivity contribution is 5.97. The van der Waals surface area contributed by atoms with Crippen molar-refractivity contribution in [3.8, 4) is 11.1 Å². The molecule has 2 amide bonds. The summed E-state index contributed by atoms with van der Waals surface area (Å²) in [4.78, 5) is 37.2. The Balaban J connectivity index is 1.42. The van der Waals surface area contributed by atoms with E-state index in [9.17, 15) is 14.4 Å². The second-order valence-corrected chi connectivity index (χ2v) is 7.88. The quantitative estimate of drug-likeness (QED) is 0.473. The number of carboxylic acid groups (broad SMARTS) is 1. The number of carbonyl (C=O) groups excluding carboxylic acids is 2. The molecule has 1 aliphatic rings. The molecule has 4 rings (SSSR count). The van der Waals surface area contributed by atoms with Crippen molar-refractivity contribution in [1.29, 1.82) is 0 Å². The highest BCUT2D eigenvalue weighted by atomic mass is 16.5. The third-order valence-corrected chi connectivity index (χ3v) is 5.68. The minimum absolute atomic E-state index is 0.0749. The average Bonchev–Trinajstić information content (AvgIpc) is 3.16. The van der Waals surface area contributed by atoms with Crippen LogP contribution in [0.25, 0.3) is 11.1 Å². The summed E-state index contributed by atoms with van der Waals surface area (Å²) < 4.78 is 5.53. The van der Waals surface area contributed by atoms with E-state index >= 15 is 0 Å². The summed E-state index contributed by atoms with van der Waals surface area (Å²) in [7, 11) is 0. The van der Waals surface area contributed by atoms with Crippen LogP contribution in [-0.2, 0) is 9.53 Å². The maximum Gasteiger partial charge on any atom is 0.411 e. The van der Waals surface area contributed by atoms with Crippen LogP contribution >= 0.6 is 0 Å². The average molecular weight is 460 g/mol. The first kappa shape index (κ1) is 23.0. The molecule has 0 radical (unpaired) electrons. The van der Waals surface area contributed by atoms with Crippen molar-refractivity contribution < 1.29 is 29.3 Å². The van der Waals surface area contributed by atoms with Crippen molar-refractivity contribution >= 4 is 23.7 Å². The van der Waals surface area contributed by atoms with Crippen molar-refractivity contribution in [3.63, 3.8) is 0 Å². The van der Waals surface area contributed by atoms with Gasteiger partial charge in [0.15, 0.2) is 0 Å². The van der Waals surface area contributed by atoms with Gasteiger partial charge in [-0.05, 0) is 40.5 Å². The predicted octanol–water partition coefficient (Wildman–Crippen LogP) is 3.57. The Hall–Kier alpha value is -4.17. The van der Waals surface area contributed by atoms with Gasteiger partial charge in [0.1, 0.15) is 13.2 Å². The van der Waals surface area contributed by atoms with Gasteiger partial charge < -0.3 is 19.8 Å². The summed E-state index contributed by atoms with van der Waals surface area (Å²) in [6, 6.07) is 22.2. The van der Waals surface area contributed by atoms with Crippen LogP contribution < -0.4 is 5.32 Å². The molecule has 0 aromatic heterocycles. The van der Waals surface area contributed by atoms with E-state index in [0.29, 0.717) is 5.69 Å². The van der Waals surface area contributed by atoms with Gasteiger partial charge >= 0.3 is 12.1 Å². The van der Waals surface area contributed by atoms with Gasteiger partial charge in [0, 0.05) is 23.7 Å². The molecule has 0 fully saturated rings. The van der Waals surface area contributed by atoms with Crippen LogP contribution in [0.3, 0.4) is 0 Å². The third-order valence-electron chi connectivity index (χ3n) is 5.68. The molecular weight excluding hydrogens is 436 g/mol. The molecule has 8 heteroatoms. The molecule has 0 atom stereocenters. The second-order valence-electron chi connectivity index (χ2n) is 7.88. The van der Waals surface area contributed by atoms with Gasteiger partial charge in [-0.25, -0.2) is 4.79 Å². The number of aliphatic carboxylic acids is 1. The number of amides is 2. The molecule has 34 heavy (non-hydrogen) atoms. The van der Waals surface area contributed by atoms with Gasteiger partial charge in [-0.1, -0.05) is 54.6 Å². The first-order chi connectivity index (χ1) is 16.5. The number of benzene rings is 3. The number of nitrogens with one attached hydrogen (secondary N) is 1. The standard InChI is InChI=1S/C26H24N2O6/c29-13-12-28(15-24(30)31)25(32)17-6-5-7-18(14-17)27-26(33)34-16-23-21-10-3-1-8-19(21)20-9-2-4-11-22(20)23/h1-11,14,23,29H,12-13,15-16H2,(H,27,33)(H,30,31). The fourth-order valence-electron chi connectivity index (χ4n) is 4.20. The third kappa shape index (κ3) is 4.92. The molecule has 3 aromatic carbocycles. The number of hydrogen-bond donors (Lipinski definition) is 3. The summed E-state index contributed by atoms with van der Waals surface area (Å²) in [5, 5.41) is 20.8. The minimum Gasteiger partial charge on any atom is -0.480 e. The number of nitrogens with zero attached hydrogens (tertiary/aromatic N) is 1. The van der Waals surface area contributed by atoms with Crippen molar-refractivity contribution in [2.24, 2.45) is 0 Å². The summed E-state index contributed by atoms with van der Waals surface area (Å²) in [6.45, 7) is -0.864. The number of aliphatic hydroxyl groups excluding tert-OH is 1. The molecule has 0 bridgehead atoms. The zero-order valence-corrected chi connectivity index (χ0v) is 18.3. The van der Waals surface area contributed by atoms with E-state index in [1.807, 2.05) is 36.4 Å². The number of fused-ring (bicyclic) bond motifs is 3. The minimum atomic E-state index is -1.19. The Bertz CT molecular complexity index is 1180. The monoisotopic (exact) mass is 460 g/mol. The van der Waals surface area contributed by atoms with Crippen LogP contribution in [0.1, 0.15) is 27.4 Å². The van der Waals surface area contributed by atoms with Crippen molar-refractivity contribution in [3.05, 3.63) is 89.5 Å². The Morgan fingerprint density at radius 2 is 1.56 bits per heavy atom. The molecular formula is C26H24N2O6. The van der Waals surface area contributed by atoms with E-state index in [1.165, 1.54) is 12.1 Å². The molecule has 3 N–H and O–H groups in total. The smallest absolute Gasteiger partial charge is 0.411 e. The largest absolute Gasteiger partial charge is 0.480 e. The number of anilines is 1. The number of rotatable bonds is 8. The SMILES string of the molecule is O=C(O)CN(CCO)C(=O)c1cccc(NC(=O)OCC2c3ccccc3-c3ccccc32)c1. The number of ether oxygens (including phenoxy) is 1. The lowest BCUT2D eigenvalue weighted by atomic mass is 9.98. The fraction of sp³-hybridized carbons (Fsp3) is 0.192. The molecule has 3 aromatic rings. The van der Waals surface area contributed by atoms with Crippen molar-refractivity contribution in [2.75, 3.05) is 31.6 Å². The molecule has 1 aliphatic carbocycles. The van der Waals surface area contributed by atoms with Gasteiger partial charge in [-0.15, -0.1) is 0 Å². The zero-order valence-electron chi connectivity index (χ0n) is 18.3. The molecule has 0 heterocycles. The van der Waals surface area contributed by atoms with Crippen LogP contribution in [0.15, 0.2) is 72.8 Å². The maximum absolute atomic E-state index is 12.6. The van der Waals surface area contributed by atoms with Crippen LogP contribution in [0.5, 0.6) is 0 Å². The molecule has 0 aliphatic heterocycles. The Morgan fingerprint density at radius 3 is 2.18 bits per heavy atom. The first-order valence-corrected chi connectivity index (χ1v) is 10.8.